The largest absolute Gasteiger partial charge is 0.497 e. The van der Waals surface area contributed by atoms with Gasteiger partial charge in [-0.1, -0.05) is 6.08 Å². The first-order valence-electron chi connectivity index (χ1n) is 6.41. The molecule has 0 aliphatic heterocycles. The first kappa shape index (κ1) is 16.6. The Bertz CT molecular complexity index is 528. The van der Waals surface area contributed by atoms with Crippen LogP contribution in [0.2, 0.25) is 0 Å². The third kappa shape index (κ3) is 4.52. The molecule has 0 bridgehead atoms. The second kappa shape index (κ2) is 7.94. The summed E-state index contributed by atoms with van der Waals surface area (Å²) in [6, 6.07) is 5.04. The number of methoxy groups -OCH3 is 2. The molecule has 2 amide bonds. The quantitative estimate of drug-likeness (QED) is 0.771. The molecule has 0 aliphatic rings. The first-order valence-corrected chi connectivity index (χ1v) is 6.41. The van der Waals surface area contributed by atoms with Crippen LogP contribution in [0.1, 0.15) is 6.92 Å². The van der Waals surface area contributed by atoms with Gasteiger partial charge in [0.2, 0.25) is 11.8 Å². The Morgan fingerprint density at radius 2 is 2.05 bits per heavy atom. The summed E-state index contributed by atoms with van der Waals surface area (Å²) in [4.78, 5) is 25.0. The number of carbonyl (C=O) groups excluding carboxylic acids is 2. The van der Waals surface area contributed by atoms with Gasteiger partial charge in [0.1, 0.15) is 18.0 Å². The molecule has 0 unspecified atom stereocenters. The van der Waals surface area contributed by atoms with E-state index in [1.165, 1.54) is 18.9 Å². The zero-order valence-corrected chi connectivity index (χ0v) is 12.5. The van der Waals surface area contributed by atoms with Crippen molar-refractivity contribution in [3.63, 3.8) is 0 Å². The van der Waals surface area contributed by atoms with Gasteiger partial charge in [-0.3, -0.25) is 14.5 Å². The van der Waals surface area contributed by atoms with Gasteiger partial charge in [0.25, 0.3) is 0 Å². The molecule has 21 heavy (non-hydrogen) atoms. The van der Waals surface area contributed by atoms with Crippen LogP contribution < -0.4 is 19.7 Å². The van der Waals surface area contributed by atoms with Gasteiger partial charge in [-0.25, -0.2) is 0 Å². The van der Waals surface area contributed by atoms with Crippen LogP contribution in [-0.4, -0.2) is 39.1 Å². The minimum absolute atomic E-state index is 0.0914. The molecule has 0 radical (unpaired) electrons. The van der Waals surface area contributed by atoms with Crippen molar-refractivity contribution in [2.75, 3.05) is 32.2 Å². The van der Waals surface area contributed by atoms with Gasteiger partial charge in [-0.05, 0) is 12.1 Å². The van der Waals surface area contributed by atoms with E-state index in [9.17, 15) is 9.59 Å². The molecule has 6 nitrogen and oxygen atoms in total. The van der Waals surface area contributed by atoms with Crippen LogP contribution in [0.25, 0.3) is 0 Å². The fourth-order valence-electron chi connectivity index (χ4n) is 1.76. The highest BCUT2D eigenvalue weighted by Crippen LogP contribution is 2.32. The summed E-state index contributed by atoms with van der Waals surface area (Å²) in [6.45, 7) is 5.18. The maximum Gasteiger partial charge on any atom is 0.240 e. The number of ether oxygens (including phenoxy) is 2. The molecule has 0 heterocycles. The van der Waals surface area contributed by atoms with Crippen molar-refractivity contribution >= 4 is 17.5 Å². The van der Waals surface area contributed by atoms with Crippen LogP contribution in [0, 0.1) is 0 Å². The fraction of sp³-hybridized carbons (Fsp3) is 0.333. The molecule has 0 atom stereocenters. The van der Waals surface area contributed by atoms with E-state index < -0.39 is 0 Å². The van der Waals surface area contributed by atoms with Crippen LogP contribution in [0.3, 0.4) is 0 Å². The molecule has 1 aromatic rings. The number of nitrogens with one attached hydrogen (secondary N) is 1. The number of amides is 2. The van der Waals surface area contributed by atoms with Crippen molar-refractivity contribution in [1.82, 2.24) is 5.32 Å². The Morgan fingerprint density at radius 3 is 2.57 bits per heavy atom. The van der Waals surface area contributed by atoms with E-state index in [0.29, 0.717) is 23.7 Å². The van der Waals surface area contributed by atoms with Crippen molar-refractivity contribution in [3.05, 3.63) is 30.9 Å². The van der Waals surface area contributed by atoms with Crippen LogP contribution in [0.5, 0.6) is 11.5 Å². The highest BCUT2D eigenvalue weighted by atomic mass is 16.5. The summed E-state index contributed by atoms with van der Waals surface area (Å²) >= 11 is 0. The first-order chi connectivity index (χ1) is 10.0. The number of carbonyl (C=O) groups is 2. The highest BCUT2D eigenvalue weighted by Gasteiger charge is 2.19. The fourth-order valence-corrected chi connectivity index (χ4v) is 1.76. The molecule has 0 saturated heterocycles. The lowest BCUT2D eigenvalue weighted by Gasteiger charge is -2.23. The van der Waals surface area contributed by atoms with E-state index in [0.717, 1.165) is 0 Å². The number of benzene rings is 1. The van der Waals surface area contributed by atoms with Crippen molar-refractivity contribution in [3.8, 4) is 11.5 Å². The lowest BCUT2D eigenvalue weighted by atomic mass is 10.2. The molecule has 0 saturated carbocycles. The second-order valence-electron chi connectivity index (χ2n) is 4.24. The number of anilines is 1. The van der Waals surface area contributed by atoms with Gasteiger partial charge in [0.15, 0.2) is 0 Å². The lowest BCUT2D eigenvalue weighted by molar-refractivity contribution is -0.122. The van der Waals surface area contributed by atoms with Gasteiger partial charge < -0.3 is 14.8 Å². The average molecular weight is 292 g/mol. The van der Waals surface area contributed by atoms with Crippen LogP contribution in [0.15, 0.2) is 30.9 Å². The summed E-state index contributed by atoms with van der Waals surface area (Å²) in [6.07, 6.45) is 1.57. The van der Waals surface area contributed by atoms with Crippen molar-refractivity contribution in [2.24, 2.45) is 0 Å². The van der Waals surface area contributed by atoms with E-state index in [2.05, 4.69) is 11.9 Å². The lowest BCUT2D eigenvalue weighted by Crippen LogP contribution is -2.40. The zero-order chi connectivity index (χ0) is 15.8. The van der Waals surface area contributed by atoms with Gasteiger partial charge >= 0.3 is 0 Å². The smallest absolute Gasteiger partial charge is 0.240 e. The molecular weight excluding hydrogens is 272 g/mol. The molecule has 0 spiro atoms. The predicted octanol–water partition coefficient (Wildman–Crippen LogP) is 1.36. The predicted molar refractivity (Wildman–Crippen MR) is 80.8 cm³/mol. The maximum absolute atomic E-state index is 11.8. The summed E-state index contributed by atoms with van der Waals surface area (Å²) in [5, 5.41) is 2.63. The molecule has 0 aromatic heterocycles. The topological polar surface area (TPSA) is 67.9 Å². The van der Waals surface area contributed by atoms with Crippen molar-refractivity contribution < 1.29 is 19.1 Å². The van der Waals surface area contributed by atoms with Crippen LogP contribution >= 0.6 is 0 Å². The molecule has 1 aromatic carbocycles. The molecule has 6 heteroatoms. The third-order valence-electron chi connectivity index (χ3n) is 2.80. The molecular formula is C15H20N2O4. The molecule has 114 valence electrons. The minimum Gasteiger partial charge on any atom is -0.497 e. The van der Waals surface area contributed by atoms with Gasteiger partial charge in [0.05, 0.1) is 19.9 Å². The SMILES string of the molecule is C=CCNC(=O)CN(C(C)=O)c1ccc(OC)cc1OC. The average Bonchev–Trinajstić information content (AvgIpc) is 2.49. The molecule has 1 N–H and O–H groups in total. The van der Waals surface area contributed by atoms with Gasteiger partial charge in [-0.2, -0.15) is 0 Å². The Hall–Kier alpha value is -2.50. The van der Waals surface area contributed by atoms with Crippen LogP contribution in [0.4, 0.5) is 5.69 Å². The van der Waals surface area contributed by atoms with Crippen molar-refractivity contribution in [1.29, 1.82) is 0 Å². The van der Waals surface area contributed by atoms with Gasteiger partial charge in [-0.15, -0.1) is 6.58 Å². The summed E-state index contributed by atoms with van der Waals surface area (Å²) in [5.74, 6) is 0.534. The Labute approximate surface area is 124 Å². The van der Waals surface area contributed by atoms with E-state index >= 15 is 0 Å². The standard InChI is InChI=1S/C15H20N2O4/c1-5-8-16-15(19)10-17(11(2)18)13-7-6-12(20-3)9-14(13)21-4/h5-7,9H,1,8,10H2,2-4H3,(H,16,19). The Balaban J connectivity index is 3.02. The summed E-state index contributed by atoms with van der Waals surface area (Å²) in [7, 11) is 3.04. The molecule has 0 fully saturated rings. The number of rotatable bonds is 7. The zero-order valence-electron chi connectivity index (χ0n) is 12.5. The number of hydrogen-bond acceptors (Lipinski definition) is 4. The molecule has 0 aliphatic carbocycles. The van der Waals surface area contributed by atoms with E-state index in [4.69, 9.17) is 9.47 Å². The monoisotopic (exact) mass is 292 g/mol. The minimum atomic E-state index is -0.275. The Morgan fingerprint density at radius 1 is 1.33 bits per heavy atom. The molecule has 1 rings (SSSR count). The highest BCUT2D eigenvalue weighted by molar-refractivity contribution is 5.98. The normalized spacial score (nSPS) is 9.67. The van der Waals surface area contributed by atoms with E-state index in [-0.39, 0.29) is 18.4 Å². The van der Waals surface area contributed by atoms with Crippen LogP contribution in [-0.2, 0) is 9.59 Å². The summed E-state index contributed by atoms with van der Waals surface area (Å²) < 4.78 is 10.4. The number of nitrogens with zero attached hydrogens (tertiary/aromatic N) is 1. The number of hydrogen-bond donors (Lipinski definition) is 1. The Kier molecular flexibility index (Phi) is 6.26. The summed E-state index contributed by atoms with van der Waals surface area (Å²) in [5.41, 5.74) is 0.513. The van der Waals surface area contributed by atoms with Crippen molar-refractivity contribution in [2.45, 2.75) is 6.92 Å². The second-order valence-corrected chi connectivity index (χ2v) is 4.24. The van der Waals surface area contributed by atoms with E-state index in [1.807, 2.05) is 0 Å². The van der Waals surface area contributed by atoms with Gasteiger partial charge in [0, 0.05) is 19.5 Å². The third-order valence-corrected chi connectivity index (χ3v) is 2.80. The van der Waals surface area contributed by atoms with E-state index in [1.54, 1.807) is 31.4 Å². The maximum atomic E-state index is 11.8.